The highest BCUT2D eigenvalue weighted by Crippen LogP contribution is 2.18. The van der Waals surface area contributed by atoms with Crippen LogP contribution in [0.15, 0.2) is 36.5 Å². The molecule has 0 spiro atoms. The average molecular weight is 296 g/mol. The molecule has 1 aromatic carbocycles. The Morgan fingerprint density at radius 1 is 1.25 bits per heavy atom. The first-order valence-corrected chi connectivity index (χ1v) is 6.18. The van der Waals surface area contributed by atoms with E-state index >= 15 is 0 Å². The number of rotatable bonds is 5. The number of aromatic nitrogens is 1. The molecule has 2 rings (SSSR count). The fourth-order valence-corrected chi connectivity index (χ4v) is 1.78. The van der Waals surface area contributed by atoms with Crippen molar-refractivity contribution in [3.05, 3.63) is 68.7 Å². The van der Waals surface area contributed by atoms with Crippen molar-refractivity contribution in [3.63, 3.8) is 0 Å². The Balaban J connectivity index is 1.96. The minimum absolute atomic E-state index is 0.393. The van der Waals surface area contributed by atoms with Crippen LogP contribution in [-0.2, 0) is 13.1 Å². The zero-order valence-corrected chi connectivity index (χ0v) is 11.1. The topological polar surface area (TPSA) is 68.1 Å². The molecule has 0 bridgehead atoms. The minimum Gasteiger partial charge on any atom is -0.309 e. The number of nitro groups is 1. The molecule has 7 heteroatoms. The van der Waals surface area contributed by atoms with Crippen molar-refractivity contribution in [3.8, 4) is 0 Å². The van der Waals surface area contributed by atoms with E-state index in [2.05, 4.69) is 10.3 Å². The number of benzene rings is 1. The van der Waals surface area contributed by atoms with Gasteiger partial charge in [-0.1, -0.05) is 23.7 Å². The Morgan fingerprint density at radius 3 is 2.60 bits per heavy atom. The Bertz CT molecular complexity index is 620. The SMILES string of the molecule is O=[N+]([O-])c1cc(CNCc2ccc(Cl)nc2)ccc1F. The van der Waals surface area contributed by atoms with Gasteiger partial charge in [0, 0.05) is 25.4 Å². The Hall–Kier alpha value is -2.05. The summed E-state index contributed by atoms with van der Waals surface area (Å²) in [6, 6.07) is 7.34. The molecule has 20 heavy (non-hydrogen) atoms. The summed E-state index contributed by atoms with van der Waals surface area (Å²) in [5, 5.41) is 14.1. The van der Waals surface area contributed by atoms with Crippen LogP contribution in [0.5, 0.6) is 0 Å². The number of nitrogens with one attached hydrogen (secondary N) is 1. The second-order valence-electron chi connectivity index (χ2n) is 4.14. The molecule has 0 saturated carbocycles. The summed E-state index contributed by atoms with van der Waals surface area (Å²) in [7, 11) is 0. The molecule has 0 unspecified atom stereocenters. The van der Waals surface area contributed by atoms with Gasteiger partial charge in [-0.05, 0) is 23.3 Å². The normalized spacial score (nSPS) is 10.5. The highest BCUT2D eigenvalue weighted by Gasteiger charge is 2.13. The maximum atomic E-state index is 13.2. The van der Waals surface area contributed by atoms with E-state index in [0.29, 0.717) is 23.8 Å². The monoisotopic (exact) mass is 295 g/mol. The molecule has 0 aliphatic heterocycles. The van der Waals surface area contributed by atoms with Crippen molar-refractivity contribution in [2.75, 3.05) is 0 Å². The number of pyridine rings is 1. The van der Waals surface area contributed by atoms with Crippen LogP contribution in [0.4, 0.5) is 10.1 Å². The van der Waals surface area contributed by atoms with Gasteiger partial charge in [-0.15, -0.1) is 0 Å². The molecule has 1 aromatic heterocycles. The van der Waals surface area contributed by atoms with Gasteiger partial charge in [0.2, 0.25) is 5.82 Å². The van der Waals surface area contributed by atoms with Crippen LogP contribution in [0.2, 0.25) is 5.15 Å². The smallest absolute Gasteiger partial charge is 0.305 e. The first-order chi connectivity index (χ1) is 9.56. The Labute approximate surface area is 119 Å². The molecule has 2 aromatic rings. The maximum absolute atomic E-state index is 13.2. The molecule has 0 saturated heterocycles. The summed E-state index contributed by atoms with van der Waals surface area (Å²) in [6.45, 7) is 0.930. The molecule has 0 fully saturated rings. The van der Waals surface area contributed by atoms with E-state index in [1.54, 1.807) is 12.3 Å². The lowest BCUT2D eigenvalue weighted by molar-refractivity contribution is -0.387. The van der Waals surface area contributed by atoms with Crippen molar-refractivity contribution in [1.82, 2.24) is 10.3 Å². The Kier molecular flexibility index (Phi) is 4.60. The largest absolute Gasteiger partial charge is 0.309 e. The van der Waals surface area contributed by atoms with Crippen molar-refractivity contribution >= 4 is 17.3 Å². The lowest BCUT2D eigenvalue weighted by Crippen LogP contribution is -2.13. The quantitative estimate of drug-likeness (QED) is 0.523. The van der Waals surface area contributed by atoms with Crippen molar-refractivity contribution < 1.29 is 9.31 Å². The molecule has 0 amide bonds. The lowest BCUT2D eigenvalue weighted by Gasteiger charge is -2.05. The number of halogens is 2. The van der Waals surface area contributed by atoms with Crippen molar-refractivity contribution in [2.45, 2.75) is 13.1 Å². The van der Waals surface area contributed by atoms with E-state index in [-0.39, 0.29) is 0 Å². The van der Waals surface area contributed by atoms with Crippen LogP contribution in [0, 0.1) is 15.9 Å². The molecule has 0 atom stereocenters. The van der Waals surface area contributed by atoms with Gasteiger partial charge in [0.05, 0.1) is 4.92 Å². The van der Waals surface area contributed by atoms with E-state index in [9.17, 15) is 14.5 Å². The third kappa shape index (κ3) is 3.72. The van der Waals surface area contributed by atoms with E-state index in [1.165, 1.54) is 12.1 Å². The van der Waals surface area contributed by atoms with E-state index < -0.39 is 16.4 Å². The van der Waals surface area contributed by atoms with Gasteiger partial charge in [0.15, 0.2) is 0 Å². The minimum atomic E-state index is -0.833. The molecule has 1 heterocycles. The summed E-state index contributed by atoms with van der Waals surface area (Å²) >= 11 is 5.67. The molecule has 0 aliphatic carbocycles. The standard InChI is InChI=1S/C13H11ClFN3O2/c14-13-4-2-10(8-17-13)7-16-6-9-1-3-11(15)12(5-9)18(19)20/h1-5,8,16H,6-7H2. The zero-order valence-electron chi connectivity index (χ0n) is 10.3. The molecular weight excluding hydrogens is 285 g/mol. The highest BCUT2D eigenvalue weighted by atomic mass is 35.5. The lowest BCUT2D eigenvalue weighted by atomic mass is 10.2. The molecule has 1 N–H and O–H groups in total. The summed E-state index contributed by atoms with van der Waals surface area (Å²) in [5.41, 5.74) is 1.06. The Morgan fingerprint density at radius 2 is 1.95 bits per heavy atom. The van der Waals surface area contributed by atoms with Crippen molar-refractivity contribution in [2.24, 2.45) is 0 Å². The van der Waals surface area contributed by atoms with Crippen LogP contribution in [0.25, 0.3) is 0 Å². The van der Waals surface area contributed by atoms with Crippen LogP contribution >= 0.6 is 11.6 Å². The van der Waals surface area contributed by atoms with E-state index in [4.69, 9.17) is 11.6 Å². The second kappa shape index (κ2) is 6.40. The first-order valence-electron chi connectivity index (χ1n) is 5.80. The number of nitro benzene ring substituents is 1. The number of nitrogens with zero attached hydrogens (tertiary/aromatic N) is 2. The van der Waals surface area contributed by atoms with Gasteiger partial charge in [-0.3, -0.25) is 10.1 Å². The predicted molar refractivity (Wildman–Crippen MR) is 72.8 cm³/mol. The highest BCUT2D eigenvalue weighted by molar-refractivity contribution is 6.29. The third-order valence-electron chi connectivity index (χ3n) is 2.65. The van der Waals surface area contributed by atoms with E-state index in [1.807, 2.05) is 6.07 Å². The zero-order chi connectivity index (χ0) is 14.5. The maximum Gasteiger partial charge on any atom is 0.305 e. The van der Waals surface area contributed by atoms with Gasteiger partial charge in [0.25, 0.3) is 0 Å². The van der Waals surface area contributed by atoms with Crippen molar-refractivity contribution in [1.29, 1.82) is 0 Å². The molecular formula is C13H11ClFN3O2. The molecule has 0 aliphatic rings. The van der Waals surface area contributed by atoms with Gasteiger partial charge in [-0.25, -0.2) is 4.98 Å². The van der Waals surface area contributed by atoms with Crippen LogP contribution in [-0.4, -0.2) is 9.91 Å². The molecule has 5 nitrogen and oxygen atoms in total. The van der Waals surface area contributed by atoms with Gasteiger partial charge < -0.3 is 5.32 Å². The fraction of sp³-hybridized carbons (Fsp3) is 0.154. The van der Waals surface area contributed by atoms with Gasteiger partial charge in [-0.2, -0.15) is 4.39 Å². The molecule has 104 valence electrons. The molecule has 0 radical (unpaired) electrons. The van der Waals surface area contributed by atoms with Gasteiger partial charge >= 0.3 is 5.69 Å². The van der Waals surface area contributed by atoms with E-state index in [0.717, 1.165) is 11.6 Å². The second-order valence-corrected chi connectivity index (χ2v) is 4.52. The van der Waals surface area contributed by atoms with Crippen LogP contribution in [0.1, 0.15) is 11.1 Å². The average Bonchev–Trinajstić information content (AvgIpc) is 2.42. The fourth-order valence-electron chi connectivity index (χ4n) is 1.67. The number of hydrogen-bond donors (Lipinski definition) is 1. The third-order valence-corrected chi connectivity index (χ3v) is 2.88. The summed E-state index contributed by atoms with van der Waals surface area (Å²) in [6.07, 6.45) is 1.64. The number of hydrogen-bond acceptors (Lipinski definition) is 4. The summed E-state index contributed by atoms with van der Waals surface area (Å²) in [4.78, 5) is 13.8. The summed E-state index contributed by atoms with van der Waals surface area (Å²) < 4.78 is 13.2. The van der Waals surface area contributed by atoms with Crippen LogP contribution in [0.3, 0.4) is 0 Å². The van der Waals surface area contributed by atoms with Crippen LogP contribution < -0.4 is 5.32 Å². The van der Waals surface area contributed by atoms with Gasteiger partial charge in [0.1, 0.15) is 5.15 Å². The first kappa shape index (κ1) is 14.4. The predicted octanol–water partition coefficient (Wildman–Crippen LogP) is 3.07. The summed E-state index contributed by atoms with van der Waals surface area (Å²) in [5.74, 6) is -0.833.